The van der Waals surface area contributed by atoms with Gasteiger partial charge < -0.3 is 16.0 Å². The van der Waals surface area contributed by atoms with Crippen molar-refractivity contribution in [3.8, 4) is 0 Å². The Kier molecular flexibility index (Phi) is 12.9. The van der Waals surface area contributed by atoms with Crippen LogP contribution in [0.25, 0.3) is 0 Å². The number of likely N-dealkylation sites (tertiary alicyclic amines) is 1. The third-order valence-electron chi connectivity index (χ3n) is 5.23. The third kappa shape index (κ3) is 8.90. The summed E-state index contributed by atoms with van der Waals surface area (Å²) in [5.41, 5.74) is 1.78. The predicted molar refractivity (Wildman–Crippen MR) is 132 cm³/mol. The number of piperidine rings is 1. The van der Waals surface area contributed by atoms with Crippen LogP contribution in [0.1, 0.15) is 62.4 Å². The maximum absolute atomic E-state index is 11.8. The SMILES string of the molecule is CCNC(=O)c1ccc(CN=C(NCC)NCCN2CCCCC2CC)cc1.I. The number of hydrogen-bond donors (Lipinski definition) is 3. The van der Waals surface area contributed by atoms with Crippen molar-refractivity contribution >= 4 is 35.8 Å². The largest absolute Gasteiger partial charge is 0.357 e. The molecule has 1 fully saturated rings. The average Bonchev–Trinajstić information content (AvgIpc) is 2.73. The number of hydrogen-bond acceptors (Lipinski definition) is 3. The smallest absolute Gasteiger partial charge is 0.251 e. The normalized spacial score (nSPS) is 17.3. The van der Waals surface area contributed by atoms with Crippen LogP contribution in [0, 0.1) is 0 Å². The van der Waals surface area contributed by atoms with Gasteiger partial charge in [0.25, 0.3) is 5.91 Å². The fraction of sp³-hybridized carbons (Fsp3) is 0.636. The molecule has 0 spiro atoms. The van der Waals surface area contributed by atoms with Crippen molar-refractivity contribution in [1.29, 1.82) is 0 Å². The van der Waals surface area contributed by atoms with Crippen LogP contribution in [-0.2, 0) is 6.54 Å². The van der Waals surface area contributed by atoms with Crippen molar-refractivity contribution in [3.63, 3.8) is 0 Å². The van der Waals surface area contributed by atoms with Gasteiger partial charge in [-0.1, -0.05) is 25.5 Å². The Bertz CT molecular complexity index is 620. The number of guanidine groups is 1. The van der Waals surface area contributed by atoms with Gasteiger partial charge in [-0.05, 0) is 57.4 Å². The highest BCUT2D eigenvalue weighted by Crippen LogP contribution is 2.18. The zero-order valence-electron chi connectivity index (χ0n) is 18.2. The lowest BCUT2D eigenvalue weighted by molar-refractivity contribution is 0.0956. The molecule has 0 radical (unpaired) electrons. The predicted octanol–water partition coefficient (Wildman–Crippen LogP) is 3.37. The van der Waals surface area contributed by atoms with E-state index in [0.717, 1.165) is 37.2 Å². The van der Waals surface area contributed by atoms with Gasteiger partial charge in [0.1, 0.15) is 0 Å². The molecular weight excluding hydrogens is 477 g/mol. The van der Waals surface area contributed by atoms with Crippen LogP contribution in [0.4, 0.5) is 0 Å². The Labute approximate surface area is 193 Å². The van der Waals surface area contributed by atoms with Crippen molar-refractivity contribution in [2.75, 3.05) is 32.7 Å². The summed E-state index contributed by atoms with van der Waals surface area (Å²) < 4.78 is 0. The Balaban J connectivity index is 0.00000420. The maximum atomic E-state index is 11.8. The molecule has 6 nitrogen and oxygen atoms in total. The number of benzene rings is 1. The molecular formula is C22H38IN5O. The Morgan fingerprint density at radius 3 is 2.45 bits per heavy atom. The van der Waals surface area contributed by atoms with Gasteiger partial charge >= 0.3 is 0 Å². The number of aliphatic imine (C=N–C) groups is 1. The average molecular weight is 515 g/mol. The van der Waals surface area contributed by atoms with Crippen LogP contribution in [0.2, 0.25) is 0 Å². The van der Waals surface area contributed by atoms with E-state index in [4.69, 9.17) is 4.99 Å². The van der Waals surface area contributed by atoms with Gasteiger partial charge in [0, 0.05) is 37.8 Å². The number of rotatable bonds is 9. The minimum atomic E-state index is -0.0318. The van der Waals surface area contributed by atoms with Crippen LogP contribution < -0.4 is 16.0 Å². The summed E-state index contributed by atoms with van der Waals surface area (Å²) >= 11 is 0. The summed E-state index contributed by atoms with van der Waals surface area (Å²) in [6, 6.07) is 8.39. The molecule has 0 bridgehead atoms. The second-order valence-corrected chi connectivity index (χ2v) is 7.27. The van der Waals surface area contributed by atoms with Gasteiger partial charge in [-0.2, -0.15) is 0 Å². The van der Waals surface area contributed by atoms with Gasteiger partial charge in [-0.15, -0.1) is 24.0 Å². The first-order valence-electron chi connectivity index (χ1n) is 10.8. The molecule has 164 valence electrons. The summed E-state index contributed by atoms with van der Waals surface area (Å²) in [5, 5.41) is 9.60. The zero-order valence-corrected chi connectivity index (χ0v) is 20.5. The number of carbonyl (C=O) groups is 1. The third-order valence-corrected chi connectivity index (χ3v) is 5.23. The zero-order chi connectivity index (χ0) is 20.2. The van der Waals surface area contributed by atoms with Crippen LogP contribution >= 0.6 is 24.0 Å². The fourth-order valence-electron chi connectivity index (χ4n) is 3.67. The number of nitrogens with one attached hydrogen (secondary N) is 3. The standard InChI is InChI=1S/C22H37N5O.HI/c1-4-20-9-7-8-15-27(20)16-14-25-22(24-6-3)26-17-18-10-12-19(13-11-18)21(28)23-5-2;/h10-13,20H,4-9,14-17H2,1-3H3,(H,23,28)(H2,24,25,26);1H. The van der Waals surface area contributed by atoms with E-state index >= 15 is 0 Å². The summed E-state index contributed by atoms with van der Waals surface area (Å²) in [4.78, 5) is 19.1. The molecule has 1 aliphatic heterocycles. The number of amides is 1. The lowest BCUT2D eigenvalue weighted by Crippen LogP contribution is -2.45. The molecule has 1 aliphatic rings. The Hall–Kier alpha value is -1.35. The summed E-state index contributed by atoms with van der Waals surface area (Å²) in [6.45, 7) is 11.5. The number of carbonyl (C=O) groups excluding carboxylic acids is 1. The molecule has 1 aromatic rings. The molecule has 1 heterocycles. The minimum Gasteiger partial charge on any atom is -0.357 e. The highest BCUT2D eigenvalue weighted by Gasteiger charge is 2.19. The van der Waals surface area contributed by atoms with Crippen molar-refractivity contribution in [1.82, 2.24) is 20.9 Å². The maximum Gasteiger partial charge on any atom is 0.251 e. The van der Waals surface area contributed by atoms with E-state index in [1.165, 1.54) is 32.2 Å². The molecule has 7 heteroatoms. The van der Waals surface area contributed by atoms with Crippen molar-refractivity contribution in [2.45, 2.75) is 59.0 Å². The van der Waals surface area contributed by atoms with Crippen LogP contribution in [0.3, 0.4) is 0 Å². The van der Waals surface area contributed by atoms with Gasteiger partial charge in [-0.3, -0.25) is 9.69 Å². The van der Waals surface area contributed by atoms with Crippen molar-refractivity contribution in [3.05, 3.63) is 35.4 Å². The van der Waals surface area contributed by atoms with Crippen molar-refractivity contribution in [2.24, 2.45) is 4.99 Å². The summed E-state index contributed by atoms with van der Waals surface area (Å²) in [7, 11) is 0. The molecule has 0 saturated carbocycles. The number of nitrogens with zero attached hydrogens (tertiary/aromatic N) is 2. The van der Waals surface area contributed by atoms with E-state index in [9.17, 15) is 4.79 Å². The molecule has 1 unspecified atom stereocenters. The molecule has 3 N–H and O–H groups in total. The summed E-state index contributed by atoms with van der Waals surface area (Å²) in [5.74, 6) is 0.816. The highest BCUT2D eigenvalue weighted by molar-refractivity contribution is 14.0. The van der Waals surface area contributed by atoms with E-state index in [1.54, 1.807) is 0 Å². The topological polar surface area (TPSA) is 68.8 Å². The molecule has 1 amide bonds. The molecule has 2 rings (SSSR count). The highest BCUT2D eigenvalue weighted by atomic mass is 127. The Morgan fingerprint density at radius 1 is 1.07 bits per heavy atom. The first kappa shape index (κ1) is 25.7. The molecule has 1 aromatic carbocycles. The second-order valence-electron chi connectivity index (χ2n) is 7.27. The molecule has 1 atom stereocenters. The minimum absolute atomic E-state index is 0. The van der Waals surface area contributed by atoms with Gasteiger partial charge in [0.05, 0.1) is 6.54 Å². The lowest BCUT2D eigenvalue weighted by Gasteiger charge is -2.35. The van der Waals surface area contributed by atoms with E-state index in [0.29, 0.717) is 18.7 Å². The van der Waals surface area contributed by atoms with Gasteiger partial charge in [-0.25, -0.2) is 4.99 Å². The van der Waals surface area contributed by atoms with E-state index in [2.05, 4.69) is 34.7 Å². The Morgan fingerprint density at radius 2 is 1.79 bits per heavy atom. The molecule has 29 heavy (non-hydrogen) atoms. The molecule has 1 saturated heterocycles. The quantitative estimate of drug-likeness (QED) is 0.268. The van der Waals surface area contributed by atoms with Crippen LogP contribution in [0.5, 0.6) is 0 Å². The van der Waals surface area contributed by atoms with E-state index in [-0.39, 0.29) is 29.9 Å². The van der Waals surface area contributed by atoms with Gasteiger partial charge in [0.15, 0.2) is 5.96 Å². The van der Waals surface area contributed by atoms with Crippen LogP contribution in [0.15, 0.2) is 29.3 Å². The van der Waals surface area contributed by atoms with E-state index in [1.807, 2.05) is 31.2 Å². The van der Waals surface area contributed by atoms with Crippen LogP contribution in [-0.4, -0.2) is 55.5 Å². The first-order chi connectivity index (χ1) is 13.7. The fourth-order valence-corrected chi connectivity index (χ4v) is 3.67. The van der Waals surface area contributed by atoms with Gasteiger partial charge in [0.2, 0.25) is 0 Å². The first-order valence-corrected chi connectivity index (χ1v) is 10.8. The lowest BCUT2D eigenvalue weighted by atomic mass is 10.0. The van der Waals surface area contributed by atoms with E-state index < -0.39 is 0 Å². The summed E-state index contributed by atoms with van der Waals surface area (Å²) in [6.07, 6.45) is 5.25. The number of halogens is 1. The second kappa shape index (κ2) is 14.6. The van der Waals surface area contributed by atoms with Crippen molar-refractivity contribution < 1.29 is 4.79 Å². The molecule has 0 aromatic heterocycles. The monoisotopic (exact) mass is 515 g/mol. The molecule has 0 aliphatic carbocycles.